The summed E-state index contributed by atoms with van der Waals surface area (Å²) in [5.74, 6) is 0.344. The molecule has 0 aliphatic carbocycles. The summed E-state index contributed by atoms with van der Waals surface area (Å²) < 4.78 is 43.6. The van der Waals surface area contributed by atoms with Crippen molar-refractivity contribution in [1.82, 2.24) is 4.98 Å². The average molecular weight is 329 g/mol. The van der Waals surface area contributed by atoms with Gasteiger partial charge in [-0.2, -0.15) is 18.3 Å². The minimum atomic E-state index is -4.41. The van der Waals surface area contributed by atoms with E-state index < -0.39 is 11.7 Å². The van der Waals surface area contributed by atoms with Crippen LogP contribution < -0.4 is 10.2 Å². The number of alkyl halides is 3. The molecule has 0 aliphatic heterocycles. The number of aryl methyl sites for hydroxylation is 1. The summed E-state index contributed by atoms with van der Waals surface area (Å²) in [6, 6.07) is 3.28. The predicted octanol–water partition coefficient (Wildman–Crippen LogP) is 4.32. The topological polar surface area (TPSA) is 46.5 Å². The average Bonchev–Trinajstić information content (AvgIpc) is 2.85. The van der Waals surface area contributed by atoms with Crippen LogP contribution in [0.4, 0.5) is 18.3 Å². The zero-order valence-corrected chi connectivity index (χ0v) is 12.8. The van der Waals surface area contributed by atoms with Crippen LogP contribution in [0.2, 0.25) is 0 Å². The summed E-state index contributed by atoms with van der Waals surface area (Å²) >= 11 is 1.36. The standard InChI is InChI=1S/C14H14F3N3OS/c1-3-21-12-5-4-11(14(15,16)17)6-10(12)7-18-20-13-19-9(2)8-22-13/h4-8H,3H2,1-2H3,(H,19,20). The van der Waals surface area contributed by atoms with Gasteiger partial charge in [0.1, 0.15) is 5.75 Å². The van der Waals surface area contributed by atoms with Crippen LogP contribution in [-0.2, 0) is 6.18 Å². The van der Waals surface area contributed by atoms with E-state index in [-0.39, 0.29) is 5.56 Å². The van der Waals surface area contributed by atoms with Crippen molar-refractivity contribution in [2.24, 2.45) is 5.10 Å². The van der Waals surface area contributed by atoms with Crippen LogP contribution in [0.1, 0.15) is 23.7 Å². The number of ether oxygens (including phenoxy) is 1. The number of hydrogen-bond donors (Lipinski definition) is 1. The first-order valence-corrected chi connectivity index (χ1v) is 7.33. The number of nitrogens with one attached hydrogen (secondary N) is 1. The Morgan fingerprint density at radius 2 is 2.18 bits per heavy atom. The number of benzene rings is 1. The third-order valence-electron chi connectivity index (χ3n) is 2.62. The van der Waals surface area contributed by atoms with Gasteiger partial charge in [0, 0.05) is 10.9 Å². The largest absolute Gasteiger partial charge is 0.493 e. The van der Waals surface area contributed by atoms with E-state index in [1.54, 1.807) is 6.92 Å². The molecule has 0 atom stereocenters. The molecule has 1 aromatic heterocycles. The molecule has 4 nitrogen and oxygen atoms in total. The second kappa shape index (κ2) is 6.78. The van der Waals surface area contributed by atoms with E-state index in [0.717, 1.165) is 17.8 Å². The number of halogens is 3. The van der Waals surface area contributed by atoms with Crippen molar-refractivity contribution in [2.45, 2.75) is 20.0 Å². The lowest BCUT2D eigenvalue weighted by Crippen LogP contribution is -2.07. The number of aromatic nitrogens is 1. The molecule has 8 heteroatoms. The third kappa shape index (κ3) is 4.20. The smallest absolute Gasteiger partial charge is 0.416 e. The minimum Gasteiger partial charge on any atom is -0.493 e. The molecular formula is C14H14F3N3OS. The number of anilines is 1. The third-order valence-corrected chi connectivity index (χ3v) is 3.48. The summed E-state index contributed by atoms with van der Waals surface area (Å²) in [5.41, 5.74) is 3.03. The van der Waals surface area contributed by atoms with Crippen LogP contribution in [0.25, 0.3) is 0 Å². The van der Waals surface area contributed by atoms with Crippen molar-refractivity contribution in [3.05, 3.63) is 40.4 Å². The Bertz CT molecular complexity index is 668. The van der Waals surface area contributed by atoms with Gasteiger partial charge in [-0.05, 0) is 32.0 Å². The van der Waals surface area contributed by atoms with Gasteiger partial charge in [0.2, 0.25) is 5.13 Å². The highest BCUT2D eigenvalue weighted by Gasteiger charge is 2.31. The Hall–Kier alpha value is -2.09. The summed E-state index contributed by atoms with van der Waals surface area (Å²) in [4.78, 5) is 4.14. The SMILES string of the molecule is CCOc1ccc(C(F)(F)F)cc1C=NNc1nc(C)cs1. The zero-order chi connectivity index (χ0) is 16.2. The van der Waals surface area contributed by atoms with Crippen molar-refractivity contribution in [3.8, 4) is 5.75 Å². The highest BCUT2D eigenvalue weighted by atomic mass is 32.1. The highest BCUT2D eigenvalue weighted by molar-refractivity contribution is 7.13. The van der Waals surface area contributed by atoms with Crippen LogP contribution in [0.15, 0.2) is 28.7 Å². The molecule has 0 saturated heterocycles. The molecule has 0 spiro atoms. The van der Waals surface area contributed by atoms with Gasteiger partial charge in [0.25, 0.3) is 0 Å². The lowest BCUT2D eigenvalue weighted by atomic mass is 10.1. The number of hydrogen-bond acceptors (Lipinski definition) is 5. The second-order valence-corrected chi connectivity index (χ2v) is 5.21. The zero-order valence-electron chi connectivity index (χ0n) is 11.9. The minimum absolute atomic E-state index is 0.248. The molecule has 0 amide bonds. The predicted molar refractivity (Wildman–Crippen MR) is 80.7 cm³/mol. The molecule has 0 saturated carbocycles. The molecule has 2 aromatic rings. The van der Waals surface area contributed by atoms with E-state index in [9.17, 15) is 13.2 Å². The molecule has 2 rings (SSSR count). The van der Waals surface area contributed by atoms with Gasteiger partial charge in [-0.15, -0.1) is 11.3 Å². The Balaban J connectivity index is 2.22. The fourth-order valence-corrected chi connectivity index (χ4v) is 2.31. The van der Waals surface area contributed by atoms with Crippen molar-refractivity contribution in [2.75, 3.05) is 12.0 Å². The molecule has 0 aliphatic rings. The normalized spacial score (nSPS) is 11.9. The molecule has 1 heterocycles. The van der Waals surface area contributed by atoms with Crippen LogP contribution in [0.3, 0.4) is 0 Å². The maximum absolute atomic E-state index is 12.8. The molecule has 1 aromatic carbocycles. The van der Waals surface area contributed by atoms with Crippen LogP contribution in [0, 0.1) is 6.92 Å². The molecular weight excluding hydrogens is 315 g/mol. The first-order chi connectivity index (χ1) is 10.4. The first-order valence-electron chi connectivity index (χ1n) is 6.45. The van der Waals surface area contributed by atoms with E-state index in [2.05, 4.69) is 15.5 Å². The summed E-state index contributed by atoms with van der Waals surface area (Å²) in [5, 5.41) is 6.33. The molecule has 118 valence electrons. The van der Waals surface area contributed by atoms with E-state index in [0.29, 0.717) is 17.5 Å². The van der Waals surface area contributed by atoms with Crippen LogP contribution in [0.5, 0.6) is 5.75 Å². The Morgan fingerprint density at radius 3 is 2.77 bits per heavy atom. The quantitative estimate of drug-likeness (QED) is 0.656. The molecule has 22 heavy (non-hydrogen) atoms. The number of thiazole rings is 1. The monoisotopic (exact) mass is 329 g/mol. The van der Waals surface area contributed by atoms with E-state index in [1.165, 1.54) is 23.6 Å². The Morgan fingerprint density at radius 1 is 1.41 bits per heavy atom. The van der Waals surface area contributed by atoms with Gasteiger partial charge in [-0.1, -0.05) is 0 Å². The molecule has 0 bridgehead atoms. The lowest BCUT2D eigenvalue weighted by Gasteiger charge is -2.11. The maximum atomic E-state index is 12.8. The van der Waals surface area contributed by atoms with Gasteiger partial charge in [0.05, 0.1) is 24.1 Å². The van der Waals surface area contributed by atoms with Gasteiger partial charge in [-0.25, -0.2) is 4.98 Å². The first kappa shape index (κ1) is 16.3. The highest BCUT2D eigenvalue weighted by Crippen LogP contribution is 2.32. The van der Waals surface area contributed by atoms with Crippen molar-refractivity contribution in [3.63, 3.8) is 0 Å². The summed E-state index contributed by atoms with van der Waals surface area (Å²) in [6.45, 7) is 3.95. The summed E-state index contributed by atoms with van der Waals surface area (Å²) in [7, 11) is 0. The Kier molecular flexibility index (Phi) is 5.02. The van der Waals surface area contributed by atoms with Crippen molar-refractivity contribution >= 4 is 22.7 Å². The van der Waals surface area contributed by atoms with Gasteiger partial charge in [0.15, 0.2) is 0 Å². The molecule has 1 N–H and O–H groups in total. The molecule has 0 fully saturated rings. The van der Waals surface area contributed by atoms with Gasteiger partial charge < -0.3 is 4.74 Å². The number of hydrazone groups is 1. The van der Waals surface area contributed by atoms with Gasteiger partial charge >= 0.3 is 6.18 Å². The fourth-order valence-electron chi connectivity index (χ4n) is 1.67. The van der Waals surface area contributed by atoms with E-state index in [4.69, 9.17) is 4.74 Å². The number of rotatable bonds is 5. The van der Waals surface area contributed by atoms with E-state index >= 15 is 0 Å². The van der Waals surface area contributed by atoms with E-state index in [1.807, 2.05) is 12.3 Å². The van der Waals surface area contributed by atoms with Crippen molar-refractivity contribution in [1.29, 1.82) is 0 Å². The number of nitrogens with zero attached hydrogens (tertiary/aromatic N) is 2. The summed E-state index contributed by atoms with van der Waals surface area (Å²) in [6.07, 6.45) is -3.12. The Labute approximate surface area is 129 Å². The molecule has 0 unspecified atom stereocenters. The second-order valence-electron chi connectivity index (χ2n) is 4.35. The van der Waals surface area contributed by atoms with Crippen LogP contribution >= 0.6 is 11.3 Å². The molecule has 0 radical (unpaired) electrons. The van der Waals surface area contributed by atoms with Crippen LogP contribution in [-0.4, -0.2) is 17.8 Å². The lowest BCUT2D eigenvalue weighted by molar-refractivity contribution is -0.137. The maximum Gasteiger partial charge on any atom is 0.416 e. The fraction of sp³-hybridized carbons (Fsp3) is 0.286. The van der Waals surface area contributed by atoms with Crippen molar-refractivity contribution < 1.29 is 17.9 Å². The van der Waals surface area contributed by atoms with Gasteiger partial charge in [-0.3, -0.25) is 5.43 Å².